The smallest absolute Gasteiger partial charge is 0.326 e. The third-order valence-electron chi connectivity index (χ3n) is 2.86. The van der Waals surface area contributed by atoms with Crippen LogP contribution in [0, 0.1) is 11.6 Å². The highest BCUT2D eigenvalue weighted by Crippen LogP contribution is 2.29. The van der Waals surface area contributed by atoms with Gasteiger partial charge in [0.1, 0.15) is 0 Å². The molecule has 0 heterocycles. The van der Waals surface area contributed by atoms with Gasteiger partial charge in [0.15, 0.2) is 26.7 Å². The fraction of sp³-hybridized carbons (Fsp3) is 0.0714. The molecular weight excluding hydrogens is 302 g/mol. The van der Waals surface area contributed by atoms with Gasteiger partial charge in [-0.2, -0.15) is 0 Å². The molecule has 0 aliphatic rings. The van der Waals surface area contributed by atoms with Gasteiger partial charge in [-0.3, -0.25) is 4.79 Å². The molecule has 0 fully saturated rings. The molecule has 0 radical (unpaired) electrons. The molecule has 0 bridgehead atoms. The highest BCUT2D eigenvalue weighted by molar-refractivity contribution is 7.92. The lowest BCUT2D eigenvalue weighted by molar-refractivity contribution is -0.136. The monoisotopic (exact) mass is 312 g/mol. The summed E-state index contributed by atoms with van der Waals surface area (Å²) in [5.41, 5.74) is 0.0368. The van der Waals surface area contributed by atoms with Crippen LogP contribution >= 0.6 is 0 Å². The summed E-state index contributed by atoms with van der Waals surface area (Å²) in [6.07, 6.45) is 0. The maximum Gasteiger partial charge on any atom is 0.326 e. The zero-order chi connectivity index (χ0) is 15.6. The normalized spacial score (nSPS) is 12.9. The predicted molar refractivity (Wildman–Crippen MR) is 70.4 cm³/mol. The third kappa shape index (κ3) is 2.92. The number of hydrogen-bond donors (Lipinski definition) is 1. The molecule has 0 aliphatic carbocycles. The van der Waals surface area contributed by atoms with Crippen molar-refractivity contribution in [3.8, 4) is 0 Å². The lowest BCUT2D eigenvalue weighted by atomic mass is 10.1. The van der Waals surface area contributed by atoms with Gasteiger partial charge in [0.25, 0.3) is 0 Å². The van der Waals surface area contributed by atoms with E-state index in [2.05, 4.69) is 0 Å². The molecule has 1 atom stereocenters. The molecule has 1 unspecified atom stereocenters. The number of halogens is 2. The molecule has 0 saturated heterocycles. The van der Waals surface area contributed by atoms with Crippen molar-refractivity contribution in [1.29, 1.82) is 0 Å². The Morgan fingerprint density at radius 1 is 1.00 bits per heavy atom. The van der Waals surface area contributed by atoms with Crippen LogP contribution in [-0.4, -0.2) is 19.5 Å². The molecule has 2 aromatic carbocycles. The molecule has 2 rings (SSSR count). The van der Waals surface area contributed by atoms with Gasteiger partial charge in [0.05, 0.1) is 4.90 Å². The van der Waals surface area contributed by atoms with E-state index in [0.29, 0.717) is 12.1 Å². The summed E-state index contributed by atoms with van der Waals surface area (Å²) in [6, 6.07) is 9.24. The second-order valence-corrected chi connectivity index (χ2v) is 6.28. The number of rotatable bonds is 4. The first-order valence-corrected chi connectivity index (χ1v) is 7.35. The van der Waals surface area contributed by atoms with Crippen LogP contribution in [0.25, 0.3) is 0 Å². The molecule has 7 heteroatoms. The minimum atomic E-state index is -4.40. The Hall–Kier alpha value is -2.28. The summed E-state index contributed by atoms with van der Waals surface area (Å²) in [4.78, 5) is 10.7. The first kappa shape index (κ1) is 15.1. The first-order valence-electron chi connectivity index (χ1n) is 5.80. The molecule has 4 nitrogen and oxygen atoms in total. The molecule has 0 saturated carbocycles. The topological polar surface area (TPSA) is 71.4 Å². The van der Waals surface area contributed by atoms with Crippen molar-refractivity contribution in [1.82, 2.24) is 0 Å². The lowest BCUT2D eigenvalue weighted by Crippen LogP contribution is -2.22. The fourth-order valence-electron chi connectivity index (χ4n) is 1.87. The highest BCUT2D eigenvalue weighted by atomic mass is 32.2. The average molecular weight is 312 g/mol. The molecule has 0 amide bonds. The standard InChI is InChI=1S/C14H10F2O4S/c15-11-7-6-10(8-12(11)16)21(19,20)13(14(17)18)9-4-2-1-3-5-9/h1-8,13H,(H,17,18). The Balaban J connectivity index is 2.58. The fourth-order valence-corrected chi connectivity index (χ4v) is 3.45. The maximum absolute atomic E-state index is 13.2. The second-order valence-electron chi connectivity index (χ2n) is 4.25. The molecule has 1 N–H and O–H groups in total. The van der Waals surface area contributed by atoms with E-state index in [-0.39, 0.29) is 5.56 Å². The number of carboxylic acids is 1. The lowest BCUT2D eigenvalue weighted by Gasteiger charge is -2.14. The molecule has 21 heavy (non-hydrogen) atoms. The van der Waals surface area contributed by atoms with Gasteiger partial charge < -0.3 is 5.11 Å². The van der Waals surface area contributed by atoms with E-state index in [9.17, 15) is 27.1 Å². The zero-order valence-electron chi connectivity index (χ0n) is 10.5. The van der Waals surface area contributed by atoms with Crippen LogP contribution in [-0.2, 0) is 14.6 Å². The molecule has 0 aliphatic heterocycles. The van der Waals surface area contributed by atoms with Crippen LogP contribution in [0.1, 0.15) is 10.8 Å². The van der Waals surface area contributed by atoms with E-state index >= 15 is 0 Å². The summed E-state index contributed by atoms with van der Waals surface area (Å²) in [7, 11) is -4.40. The zero-order valence-corrected chi connectivity index (χ0v) is 11.3. The van der Waals surface area contributed by atoms with Crippen molar-refractivity contribution in [2.75, 3.05) is 0 Å². The minimum Gasteiger partial charge on any atom is -0.480 e. The number of benzene rings is 2. The van der Waals surface area contributed by atoms with Crippen LogP contribution < -0.4 is 0 Å². The minimum absolute atomic E-state index is 0.0368. The average Bonchev–Trinajstić information content (AvgIpc) is 2.42. The van der Waals surface area contributed by atoms with E-state index < -0.39 is 37.6 Å². The largest absolute Gasteiger partial charge is 0.480 e. The molecule has 2 aromatic rings. The van der Waals surface area contributed by atoms with Crippen molar-refractivity contribution >= 4 is 15.8 Å². The third-order valence-corrected chi connectivity index (χ3v) is 4.86. The SMILES string of the molecule is O=C(O)C(c1ccccc1)S(=O)(=O)c1ccc(F)c(F)c1. The summed E-state index contributed by atoms with van der Waals surface area (Å²) < 4.78 is 50.8. The van der Waals surface area contributed by atoms with Crippen LogP contribution in [0.3, 0.4) is 0 Å². The van der Waals surface area contributed by atoms with Gasteiger partial charge in [-0.1, -0.05) is 30.3 Å². The molecule has 0 spiro atoms. The highest BCUT2D eigenvalue weighted by Gasteiger charge is 2.35. The van der Waals surface area contributed by atoms with Crippen molar-refractivity contribution in [3.63, 3.8) is 0 Å². The predicted octanol–water partition coefficient (Wildman–Crippen LogP) is 2.56. The van der Waals surface area contributed by atoms with Crippen LogP contribution in [0.15, 0.2) is 53.4 Å². The number of carbonyl (C=O) groups is 1. The Morgan fingerprint density at radius 2 is 1.62 bits per heavy atom. The number of sulfone groups is 1. The Morgan fingerprint density at radius 3 is 2.14 bits per heavy atom. The van der Waals surface area contributed by atoms with Crippen LogP contribution in [0.2, 0.25) is 0 Å². The van der Waals surface area contributed by atoms with E-state index in [1.807, 2.05) is 0 Å². The Kier molecular flexibility index (Phi) is 4.04. The van der Waals surface area contributed by atoms with E-state index in [1.54, 1.807) is 6.07 Å². The van der Waals surface area contributed by atoms with E-state index in [1.165, 1.54) is 24.3 Å². The van der Waals surface area contributed by atoms with Gasteiger partial charge >= 0.3 is 5.97 Å². The van der Waals surface area contributed by atoms with Crippen molar-refractivity contribution in [2.24, 2.45) is 0 Å². The Labute approximate surface area is 119 Å². The maximum atomic E-state index is 13.2. The van der Waals surface area contributed by atoms with Gasteiger partial charge in [-0.15, -0.1) is 0 Å². The molecular formula is C14H10F2O4S. The van der Waals surface area contributed by atoms with Crippen molar-refractivity contribution < 1.29 is 27.1 Å². The van der Waals surface area contributed by atoms with Gasteiger partial charge in [0.2, 0.25) is 0 Å². The second kappa shape index (κ2) is 5.61. The molecule has 110 valence electrons. The first-order chi connectivity index (χ1) is 9.84. The summed E-state index contributed by atoms with van der Waals surface area (Å²) in [5, 5.41) is 7.31. The number of hydrogen-bond acceptors (Lipinski definition) is 3. The van der Waals surface area contributed by atoms with Crippen LogP contribution in [0.5, 0.6) is 0 Å². The Bertz CT molecular complexity index is 773. The summed E-state index contributed by atoms with van der Waals surface area (Å²) in [5.74, 6) is -4.15. The van der Waals surface area contributed by atoms with Gasteiger partial charge in [-0.05, 0) is 23.8 Å². The number of carboxylic acid groups (broad SMARTS) is 1. The van der Waals surface area contributed by atoms with Crippen molar-refractivity contribution in [2.45, 2.75) is 10.1 Å². The number of aliphatic carboxylic acids is 1. The summed E-state index contributed by atoms with van der Waals surface area (Å²) in [6.45, 7) is 0. The van der Waals surface area contributed by atoms with Crippen LogP contribution in [0.4, 0.5) is 8.78 Å². The van der Waals surface area contributed by atoms with Gasteiger partial charge in [-0.25, -0.2) is 17.2 Å². The van der Waals surface area contributed by atoms with E-state index in [4.69, 9.17) is 0 Å². The van der Waals surface area contributed by atoms with E-state index in [0.717, 1.165) is 6.07 Å². The summed E-state index contributed by atoms with van der Waals surface area (Å²) >= 11 is 0. The quantitative estimate of drug-likeness (QED) is 0.881. The molecule has 0 aromatic heterocycles. The van der Waals surface area contributed by atoms with Crippen molar-refractivity contribution in [3.05, 3.63) is 65.7 Å². The van der Waals surface area contributed by atoms with Gasteiger partial charge in [0, 0.05) is 0 Å².